The van der Waals surface area contributed by atoms with E-state index in [1.54, 1.807) is 0 Å². The normalized spacial score (nSPS) is 22.9. The zero-order chi connectivity index (χ0) is 14.9. The van der Waals surface area contributed by atoms with E-state index in [9.17, 15) is 4.79 Å². The smallest absolute Gasteiger partial charge is 0.166 e. The van der Waals surface area contributed by atoms with E-state index in [4.69, 9.17) is 0 Å². The second-order valence-corrected chi connectivity index (χ2v) is 6.14. The van der Waals surface area contributed by atoms with Crippen LogP contribution in [0.1, 0.15) is 39.7 Å². The third kappa shape index (κ3) is 2.43. The first kappa shape index (κ1) is 13.3. The summed E-state index contributed by atoms with van der Waals surface area (Å²) < 4.78 is 0. The molecule has 0 unspecified atom stereocenters. The molecule has 0 saturated heterocycles. The Balaban J connectivity index is 1.47. The molecule has 4 rings (SSSR count). The fourth-order valence-electron chi connectivity index (χ4n) is 3.29. The Morgan fingerprint density at radius 2 is 1.50 bits per heavy atom. The van der Waals surface area contributed by atoms with Crippen molar-refractivity contribution in [3.8, 4) is 0 Å². The van der Waals surface area contributed by atoms with Gasteiger partial charge in [-0.3, -0.25) is 4.79 Å². The maximum absolute atomic E-state index is 12.6. The van der Waals surface area contributed by atoms with E-state index in [-0.39, 0.29) is 11.7 Å². The number of rotatable bonds is 4. The minimum atomic E-state index is 0.166. The summed E-state index contributed by atoms with van der Waals surface area (Å²) in [7, 11) is 0. The SMILES string of the molecule is O=C(c1ccc(C2C=CC=C2)cc1)[C@@H]1C[C@H]1c1ccccc1. The van der Waals surface area contributed by atoms with Gasteiger partial charge in [0.15, 0.2) is 5.78 Å². The largest absolute Gasteiger partial charge is 0.294 e. The number of carbonyl (C=O) groups excluding carboxylic acids is 1. The summed E-state index contributed by atoms with van der Waals surface area (Å²) in [6, 6.07) is 18.5. The summed E-state index contributed by atoms with van der Waals surface area (Å²) in [6.07, 6.45) is 9.46. The molecule has 2 aliphatic rings. The highest BCUT2D eigenvalue weighted by Crippen LogP contribution is 2.49. The Labute approximate surface area is 131 Å². The maximum Gasteiger partial charge on any atom is 0.166 e. The van der Waals surface area contributed by atoms with Crippen molar-refractivity contribution in [2.45, 2.75) is 18.3 Å². The zero-order valence-corrected chi connectivity index (χ0v) is 12.4. The quantitative estimate of drug-likeness (QED) is 0.732. The average Bonchev–Trinajstić information content (AvgIpc) is 3.20. The minimum Gasteiger partial charge on any atom is -0.294 e. The van der Waals surface area contributed by atoms with E-state index in [2.05, 4.69) is 48.6 Å². The predicted octanol–water partition coefficient (Wildman–Crippen LogP) is 4.88. The molecule has 2 aliphatic carbocycles. The van der Waals surface area contributed by atoms with Gasteiger partial charge in [-0.05, 0) is 23.5 Å². The van der Waals surface area contributed by atoms with Crippen LogP contribution in [-0.4, -0.2) is 5.78 Å². The van der Waals surface area contributed by atoms with Gasteiger partial charge in [-0.25, -0.2) is 0 Å². The van der Waals surface area contributed by atoms with Gasteiger partial charge in [0.05, 0.1) is 0 Å². The number of allylic oxidation sites excluding steroid dienone is 4. The Morgan fingerprint density at radius 3 is 2.18 bits per heavy atom. The fourth-order valence-corrected chi connectivity index (χ4v) is 3.29. The molecule has 0 radical (unpaired) electrons. The predicted molar refractivity (Wildman–Crippen MR) is 89.1 cm³/mol. The summed E-state index contributed by atoms with van der Waals surface area (Å²) >= 11 is 0. The van der Waals surface area contributed by atoms with Crippen LogP contribution >= 0.6 is 0 Å². The zero-order valence-electron chi connectivity index (χ0n) is 12.4. The van der Waals surface area contributed by atoms with Crippen molar-refractivity contribution in [3.05, 3.63) is 95.6 Å². The van der Waals surface area contributed by atoms with Crippen LogP contribution < -0.4 is 0 Å². The van der Waals surface area contributed by atoms with E-state index in [0.717, 1.165) is 12.0 Å². The Kier molecular flexibility index (Phi) is 3.27. The van der Waals surface area contributed by atoms with Crippen LogP contribution in [0.15, 0.2) is 78.9 Å². The van der Waals surface area contributed by atoms with Crippen molar-refractivity contribution in [1.82, 2.24) is 0 Å². The van der Waals surface area contributed by atoms with Crippen molar-refractivity contribution < 1.29 is 4.79 Å². The van der Waals surface area contributed by atoms with Crippen LogP contribution in [-0.2, 0) is 0 Å². The number of hydrogen-bond donors (Lipinski definition) is 0. The highest BCUT2D eigenvalue weighted by molar-refractivity contribution is 6.00. The number of carbonyl (C=O) groups is 1. The lowest BCUT2D eigenvalue weighted by Gasteiger charge is -2.07. The van der Waals surface area contributed by atoms with E-state index >= 15 is 0 Å². The topological polar surface area (TPSA) is 17.1 Å². The van der Waals surface area contributed by atoms with Crippen LogP contribution in [0.25, 0.3) is 0 Å². The van der Waals surface area contributed by atoms with Crippen LogP contribution in [0.3, 0.4) is 0 Å². The van der Waals surface area contributed by atoms with Crippen LogP contribution in [0.2, 0.25) is 0 Å². The first-order valence-corrected chi connectivity index (χ1v) is 7.87. The fraction of sp³-hybridized carbons (Fsp3) is 0.190. The third-order valence-corrected chi connectivity index (χ3v) is 4.68. The van der Waals surface area contributed by atoms with Crippen molar-refractivity contribution in [2.75, 3.05) is 0 Å². The van der Waals surface area contributed by atoms with Gasteiger partial charge in [0.2, 0.25) is 0 Å². The van der Waals surface area contributed by atoms with E-state index in [0.29, 0.717) is 11.8 Å². The highest BCUT2D eigenvalue weighted by Gasteiger charge is 2.43. The molecular weight excluding hydrogens is 268 g/mol. The van der Waals surface area contributed by atoms with Gasteiger partial charge in [0.1, 0.15) is 0 Å². The molecule has 1 nitrogen and oxygen atoms in total. The Morgan fingerprint density at radius 1 is 0.818 bits per heavy atom. The Bertz CT molecular complexity index is 725. The van der Waals surface area contributed by atoms with Crippen molar-refractivity contribution in [1.29, 1.82) is 0 Å². The summed E-state index contributed by atoms with van der Waals surface area (Å²) in [5.74, 6) is 1.23. The molecule has 108 valence electrons. The van der Waals surface area contributed by atoms with Gasteiger partial charge in [0.25, 0.3) is 0 Å². The lowest BCUT2D eigenvalue weighted by molar-refractivity contribution is 0.0965. The summed E-state index contributed by atoms with van der Waals surface area (Å²) in [5.41, 5.74) is 3.38. The summed E-state index contributed by atoms with van der Waals surface area (Å²) in [6.45, 7) is 0. The standard InChI is InChI=1S/C21H18O/c22-21(20-14-19(20)17-8-2-1-3-9-17)18-12-10-16(11-13-18)15-6-4-5-7-15/h1-13,15,19-20H,14H2/t19-,20+/m0/s1. The average molecular weight is 286 g/mol. The molecule has 1 fully saturated rings. The van der Waals surface area contributed by atoms with Gasteiger partial charge in [-0.1, -0.05) is 78.9 Å². The lowest BCUT2D eigenvalue weighted by atomic mass is 9.97. The molecule has 0 aromatic heterocycles. The van der Waals surface area contributed by atoms with E-state index in [1.807, 2.05) is 30.3 Å². The molecule has 0 N–H and O–H groups in total. The molecule has 1 saturated carbocycles. The second kappa shape index (κ2) is 5.42. The van der Waals surface area contributed by atoms with E-state index < -0.39 is 0 Å². The van der Waals surface area contributed by atoms with Gasteiger partial charge in [0, 0.05) is 17.4 Å². The Hall–Kier alpha value is -2.41. The van der Waals surface area contributed by atoms with Crippen molar-refractivity contribution >= 4 is 5.78 Å². The summed E-state index contributed by atoms with van der Waals surface area (Å²) in [5, 5.41) is 0. The minimum absolute atomic E-state index is 0.166. The maximum atomic E-state index is 12.6. The van der Waals surface area contributed by atoms with Crippen molar-refractivity contribution in [2.24, 2.45) is 5.92 Å². The molecule has 1 heteroatoms. The number of hydrogen-bond acceptors (Lipinski definition) is 1. The van der Waals surface area contributed by atoms with Crippen LogP contribution in [0.5, 0.6) is 0 Å². The molecule has 2 aromatic carbocycles. The first-order valence-electron chi connectivity index (χ1n) is 7.87. The monoisotopic (exact) mass is 286 g/mol. The molecule has 2 atom stereocenters. The van der Waals surface area contributed by atoms with Crippen LogP contribution in [0, 0.1) is 5.92 Å². The number of benzene rings is 2. The molecule has 2 aromatic rings. The molecule has 0 bridgehead atoms. The van der Waals surface area contributed by atoms with Gasteiger partial charge >= 0.3 is 0 Å². The third-order valence-electron chi connectivity index (χ3n) is 4.68. The van der Waals surface area contributed by atoms with Crippen LogP contribution in [0.4, 0.5) is 0 Å². The molecule has 0 aliphatic heterocycles. The molecule has 0 heterocycles. The van der Waals surface area contributed by atoms with Gasteiger partial charge < -0.3 is 0 Å². The number of ketones is 1. The van der Waals surface area contributed by atoms with E-state index in [1.165, 1.54) is 11.1 Å². The lowest BCUT2D eigenvalue weighted by Crippen LogP contribution is -2.03. The van der Waals surface area contributed by atoms with Crippen molar-refractivity contribution in [3.63, 3.8) is 0 Å². The summed E-state index contributed by atoms with van der Waals surface area (Å²) in [4.78, 5) is 12.6. The molecule has 0 amide bonds. The molecular formula is C21H18O. The van der Waals surface area contributed by atoms with Gasteiger partial charge in [-0.15, -0.1) is 0 Å². The molecule has 22 heavy (non-hydrogen) atoms. The molecule has 0 spiro atoms. The first-order chi connectivity index (χ1) is 10.8. The number of Topliss-reactive ketones (excluding diaryl/α,β-unsaturated/α-hetero) is 1. The van der Waals surface area contributed by atoms with Gasteiger partial charge in [-0.2, -0.15) is 0 Å². The highest BCUT2D eigenvalue weighted by atomic mass is 16.1. The second-order valence-electron chi connectivity index (χ2n) is 6.14.